The molecule has 3 saturated heterocycles. The molecule has 6 heterocycles. The van der Waals surface area contributed by atoms with E-state index in [1.807, 2.05) is 43.0 Å². The number of phenols is 2. The van der Waals surface area contributed by atoms with Crippen LogP contribution in [0.2, 0.25) is 5.02 Å². The van der Waals surface area contributed by atoms with E-state index in [-0.39, 0.29) is 41.7 Å². The second kappa shape index (κ2) is 20.4. The van der Waals surface area contributed by atoms with E-state index in [2.05, 4.69) is 77.2 Å². The third-order valence-electron chi connectivity index (χ3n) is 14.9. The summed E-state index contributed by atoms with van der Waals surface area (Å²) in [5.41, 5.74) is 6.15. The molecule has 0 aliphatic carbocycles. The molecule has 364 valence electrons. The number of amides is 1. The van der Waals surface area contributed by atoms with Crippen molar-refractivity contribution >= 4 is 45.7 Å². The van der Waals surface area contributed by atoms with Crippen LogP contribution in [0.3, 0.4) is 0 Å². The first-order valence-corrected chi connectivity index (χ1v) is 25.2. The van der Waals surface area contributed by atoms with Crippen molar-refractivity contribution in [2.75, 3.05) is 86.7 Å². The number of aromatic nitrogens is 5. The van der Waals surface area contributed by atoms with Crippen molar-refractivity contribution in [2.24, 2.45) is 5.92 Å². The molecule has 0 saturated carbocycles. The van der Waals surface area contributed by atoms with Gasteiger partial charge in [0.25, 0.3) is 0 Å². The number of piperazine rings is 2. The van der Waals surface area contributed by atoms with Crippen LogP contribution < -0.4 is 14.7 Å². The van der Waals surface area contributed by atoms with Gasteiger partial charge in [0, 0.05) is 108 Å². The predicted molar refractivity (Wildman–Crippen MR) is 272 cm³/mol. The van der Waals surface area contributed by atoms with Gasteiger partial charge in [-0.1, -0.05) is 66.9 Å². The summed E-state index contributed by atoms with van der Waals surface area (Å²) < 4.78 is 1.50. The SMILES string of the molecule is CCC(=O)N1CCN(c2nc(N3CCC(CN4CCN(Cc5ccc(-n6c(O)nnc6-c6cc(CC)c(O)cc6O)cc5)CC4)CC3)nc3c2CCN(c2cccc4cccc(Cl)c24)C3)C[C@@H]1CC#N. The molecular formula is C53H61ClN12O4. The Bertz CT molecular complexity index is 2900. The van der Waals surface area contributed by atoms with E-state index in [0.717, 1.165) is 128 Å². The number of carbonyl (C=O) groups excluding carboxylic acids is 1. The highest BCUT2D eigenvalue weighted by molar-refractivity contribution is 6.36. The van der Waals surface area contributed by atoms with Crippen LogP contribution in [0.25, 0.3) is 27.8 Å². The molecule has 0 radical (unpaired) electrons. The Kier molecular flexibility index (Phi) is 13.7. The molecule has 3 fully saturated rings. The van der Waals surface area contributed by atoms with Crippen LogP contribution in [-0.2, 0) is 30.7 Å². The number of hydrogen-bond donors (Lipinski definition) is 3. The van der Waals surface area contributed by atoms with Crippen LogP contribution in [-0.4, -0.2) is 139 Å². The highest BCUT2D eigenvalue weighted by Crippen LogP contribution is 2.39. The van der Waals surface area contributed by atoms with Crippen LogP contribution in [0.4, 0.5) is 17.5 Å². The average Bonchev–Trinajstić information content (AvgIpc) is 3.77. The van der Waals surface area contributed by atoms with Crippen molar-refractivity contribution in [1.82, 2.24) is 39.4 Å². The number of benzene rings is 4. The van der Waals surface area contributed by atoms with Crippen LogP contribution in [0.5, 0.6) is 17.5 Å². The summed E-state index contributed by atoms with van der Waals surface area (Å²) in [6.45, 7) is 14.6. The second-order valence-electron chi connectivity index (χ2n) is 19.1. The molecule has 4 aliphatic heterocycles. The molecular weight excluding hydrogens is 904 g/mol. The van der Waals surface area contributed by atoms with Gasteiger partial charge in [0.2, 0.25) is 11.9 Å². The number of carbonyl (C=O) groups is 1. The van der Waals surface area contributed by atoms with Crippen molar-refractivity contribution in [1.29, 1.82) is 5.26 Å². The molecule has 10 rings (SSSR count). The molecule has 6 aromatic rings. The molecule has 0 unspecified atom stereocenters. The minimum atomic E-state index is -0.286. The summed E-state index contributed by atoms with van der Waals surface area (Å²) in [6, 6.07) is 25.2. The quantitative estimate of drug-likeness (QED) is 0.113. The van der Waals surface area contributed by atoms with Crippen molar-refractivity contribution < 1.29 is 20.1 Å². The number of rotatable bonds is 12. The first-order chi connectivity index (χ1) is 34.1. The van der Waals surface area contributed by atoms with Gasteiger partial charge in [0.15, 0.2) is 5.82 Å². The van der Waals surface area contributed by atoms with Crippen LogP contribution >= 0.6 is 11.6 Å². The lowest BCUT2D eigenvalue weighted by molar-refractivity contribution is -0.133. The van der Waals surface area contributed by atoms with Gasteiger partial charge < -0.3 is 39.8 Å². The van der Waals surface area contributed by atoms with Crippen LogP contribution in [0.1, 0.15) is 61.9 Å². The van der Waals surface area contributed by atoms with Gasteiger partial charge in [-0.3, -0.25) is 9.69 Å². The van der Waals surface area contributed by atoms with E-state index >= 15 is 0 Å². The van der Waals surface area contributed by atoms with E-state index in [0.29, 0.717) is 61.8 Å². The molecule has 70 heavy (non-hydrogen) atoms. The number of fused-ring (bicyclic) bond motifs is 2. The molecule has 4 aromatic carbocycles. The topological polar surface area (TPSA) is 177 Å². The van der Waals surface area contributed by atoms with E-state index < -0.39 is 0 Å². The normalized spacial score (nSPS) is 18.3. The standard InChI is InChI=1S/C53H61ClN12O4/c1-3-37-29-42(47(68)30-46(37)67)51-58-59-53(70)66(51)39-13-11-35(12-14-39)31-60-23-25-61(26-24-60)32-36-16-20-62(21-17-36)52-56-44-34-63(45-10-6-8-38-7-5-9-43(54)49(38)45)22-18-41(44)50(57-52)64-27-28-65(48(69)4-2)40(33-64)15-19-55/h5-14,29-30,36,40,67-68H,3-4,15-18,20-28,31-34H2,1-2H3,(H,59,70)/t40-/m0/s1. The van der Waals surface area contributed by atoms with E-state index in [1.54, 1.807) is 6.07 Å². The number of aryl methyl sites for hydroxylation is 1. The Morgan fingerprint density at radius 1 is 0.814 bits per heavy atom. The average molecular weight is 966 g/mol. The number of hydrogen-bond acceptors (Lipinski definition) is 14. The number of aromatic hydroxyl groups is 3. The Hall–Kier alpha value is -6.67. The number of anilines is 3. The minimum absolute atomic E-state index is 0.0113. The zero-order chi connectivity index (χ0) is 48.5. The molecule has 0 spiro atoms. The maximum absolute atomic E-state index is 13.0. The first-order valence-electron chi connectivity index (χ1n) is 24.8. The Morgan fingerprint density at radius 2 is 1.57 bits per heavy atom. The maximum atomic E-state index is 13.0. The molecule has 4 aliphatic rings. The fraction of sp³-hybridized carbons (Fsp3) is 0.434. The minimum Gasteiger partial charge on any atom is -0.508 e. The molecule has 3 N–H and O–H groups in total. The molecule has 1 amide bonds. The Morgan fingerprint density at radius 3 is 2.31 bits per heavy atom. The van der Waals surface area contributed by atoms with Gasteiger partial charge >= 0.3 is 6.01 Å². The van der Waals surface area contributed by atoms with Crippen molar-refractivity contribution in [3.05, 3.63) is 100 Å². The predicted octanol–water partition coefficient (Wildman–Crippen LogP) is 7.15. The zero-order valence-electron chi connectivity index (χ0n) is 40.0. The van der Waals surface area contributed by atoms with Gasteiger partial charge in [0.05, 0.1) is 47.0 Å². The zero-order valence-corrected chi connectivity index (χ0v) is 40.8. The third-order valence-corrected chi connectivity index (χ3v) is 15.2. The van der Waals surface area contributed by atoms with Crippen LogP contribution in [0, 0.1) is 17.2 Å². The Balaban J connectivity index is 0.783. The lowest BCUT2D eigenvalue weighted by Gasteiger charge is -2.43. The Labute approximate surface area is 414 Å². The van der Waals surface area contributed by atoms with Crippen molar-refractivity contribution in [3.8, 4) is 40.7 Å². The summed E-state index contributed by atoms with van der Waals surface area (Å²) >= 11 is 6.84. The maximum Gasteiger partial charge on any atom is 0.319 e. The largest absolute Gasteiger partial charge is 0.508 e. The van der Waals surface area contributed by atoms with Gasteiger partial charge in [-0.15, -0.1) is 5.10 Å². The van der Waals surface area contributed by atoms with Gasteiger partial charge in [-0.05, 0) is 78.4 Å². The number of phenolic OH excluding ortho intramolecular Hbond substituents is 2. The number of halogens is 1. The lowest BCUT2D eigenvalue weighted by atomic mass is 9.96. The molecule has 17 heteroatoms. The van der Waals surface area contributed by atoms with E-state index in [1.165, 1.54) is 10.6 Å². The van der Waals surface area contributed by atoms with E-state index in [9.17, 15) is 25.4 Å². The summed E-state index contributed by atoms with van der Waals surface area (Å²) in [6.07, 6.45) is 4.16. The second-order valence-corrected chi connectivity index (χ2v) is 19.6. The highest BCUT2D eigenvalue weighted by atomic mass is 35.5. The number of nitrogens with zero attached hydrogens (tertiary/aromatic N) is 12. The third kappa shape index (κ3) is 9.49. The van der Waals surface area contributed by atoms with Crippen LogP contribution in [0.15, 0.2) is 72.8 Å². The monoisotopic (exact) mass is 964 g/mol. The van der Waals surface area contributed by atoms with Gasteiger partial charge in [0.1, 0.15) is 17.3 Å². The smallest absolute Gasteiger partial charge is 0.319 e. The first kappa shape index (κ1) is 47.0. The number of nitriles is 1. The summed E-state index contributed by atoms with van der Waals surface area (Å²) in [4.78, 5) is 37.8. The van der Waals surface area contributed by atoms with Gasteiger partial charge in [-0.25, -0.2) is 9.55 Å². The van der Waals surface area contributed by atoms with E-state index in [4.69, 9.17) is 21.6 Å². The fourth-order valence-electron chi connectivity index (χ4n) is 11.0. The number of piperidine rings is 1. The fourth-order valence-corrected chi connectivity index (χ4v) is 11.3. The summed E-state index contributed by atoms with van der Waals surface area (Å²) in [5.74, 6) is 2.53. The van der Waals surface area contributed by atoms with Crippen molar-refractivity contribution in [2.45, 2.75) is 71.5 Å². The lowest BCUT2D eigenvalue weighted by Crippen LogP contribution is -2.55. The summed E-state index contributed by atoms with van der Waals surface area (Å²) in [5, 5.41) is 52.3. The van der Waals surface area contributed by atoms with Gasteiger partial charge in [-0.2, -0.15) is 10.2 Å². The van der Waals surface area contributed by atoms with Crippen molar-refractivity contribution in [3.63, 3.8) is 0 Å². The molecule has 16 nitrogen and oxygen atoms in total. The molecule has 0 bridgehead atoms. The summed E-state index contributed by atoms with van der Waals surface area (Å²) in [7, 11) is 0. The molecule has 1 atom stereocenters. The molecule has 2 aromatic heterocycles. The highest BCUT2D eigenvalue weighted by Gasteiger charge is 2.35.